The van der Waals surface area contributed by atoms with Gasteiger partial charge in [0.25, 0.3) is 21.6 Å². The van der Waals surface area contributed by atoms with Crippen molar-refractivity contribution in [1.82, 2.24) is 13.9 Å². The lowest BCUT2D eigenvalue weighted by molar-refractivity contribution is -0.384. The molecule has 4 aromatic carbocycles. The lowest BCUT2D eigenvalue weighted by atomic mass is 10.2. The number of nitrogens with one attached hydrogen (secondary N) is 2. The lowest BCUT2D eigenvalue weighted by Crippen LogP contribution is -2.48. The third kappa shape index (κ3) is 9.89. The number of nitro benzene ring substituents is 1. The highest BCUT2D eigenvalue weighted by molar-refractivity contribution is 7.99. The standard InChI is InChI=1S/C36H42N6O7S3/c1-27-9-15-32(16-10-27)52(48,49)41-23-21-40(22-24-41)30-13-11-28(12-14-30)36(43)38-51(46,47)33-17-18-34(35(25-33)42(44)45)37-29(19-20-39(2)3)26-50-31-7-5-4-6-8-31/h4-18,25,29,37H,19-24,26H2,1-3H3,(H,38,43). The number of sulfonamides is 2. The fourth-order valence-corrected chi connectivity index (χ4v) is 9.01. The minimum Gasteiger partial charge on any atom is -0.376 e. The quantitative estimate of drug-likeness (QED) is 0.0946. The van der Waals surface area contributed by atoms with Crippen LogP contribution in [0, 0.1) is 17.0 Å². The SMILES string of the molecule is Cc1ccc(S(=O)(=O)N2CCN(c3ccc(C(=O)NS(=O)(=O)c4ccc(NC(CCN(C)C)CSc5ccccc5)c([N+](=O)[O-])c4)cc3)CC2)cc1. The fraction of sp³-hybridized carbons (Fsp3) is 0.306. The van der Waals surface area contributed by atoms with Crippen molar-refractivity contribution in [2.24, 2.45) is 0 Å². The van der Waals surface area contributed by atoms with Crippen LogP contribution in [-0.2, 0) is 20.0 Å². The van der Waals surface area contributed by atoms with Crippen LogP contribution in [0.5, 0.6) is 0 Å². The van der Waals surface area contributed by atoms with Crippen molar-refractivity contribution in [3.63, 3.8) is 0 Å². The molecule has 1 fully saturated rings. The molecule has 52 heavy (non-hydrogen) atoms. The number of piperazine rings is 1. The summed E-state index contributed by atoms with van der Waals surface area (Å²) in [6.45, 7) is 4.04. The molecule has 1 aliphatic heterocycles. The molecule has 0 spiro atoms. The maximum absolute atomic E-state index is 13.3. The van der Waals surface area contributed by atoms with E-state index in [2.05, 4.69) is 5.32 Å². The second kappa shape index (κ2) is 16.9. The number of amides is 1. The largest absolute Gasteiger partial charge is 0.376 e. The Bertz CT molecular complexity index is 2070. The minimum atomic E-state index is -4.47. The zero-order chi connectivity index (χ0) is 37.5. The van der Waals surface area contributed by atoms with Gasteiger partial charge in [0.1, 0.15) is 5.69 Å². The second-order valence-electron chi connectivity index (χ2n) is 12.7. The molecular weight excluding hydrogens is 725 g/mol. The van der Waals surface area contributed by atoms with Crippen LogP contribution >= 0.6 is 11.8 Å². The summed E-state index contributed by atoms with van der Waals surface area (Å²) in [7, 11) is -4.21. The summed E-state index contributed by atoms with van der Waals surface area (Å²) >= 11 is 1.61. The van der Waals surface area contributed by atoms with E-state index in [0.29, 0.717) is 25.3 Å². The zero-order valence-corrected chi connectivity index (χ0v) is 31.6. The number of rotatable bonds is 15. The molecule has 0 aliphatic carbocycles. The molecule has 1 aliphatic rings. The van der Waals surface area contributed by atoms with Crippen LogP contribution in [0.25, 0.3) is 0 Å². The smallest absolute Gasteiger partial charge is 0.293 e. The van der Waals surface area contributed by atoms with E-state index in [1.807, 2.05) is 65.9 Å². The normalized spacial score (nSPS) is 14.6. The number of benzene rings is 4. The van der Waals surface area contributed by atoms with Gasteiger partial charge in [-0.3, -0.25) is 14.9 Å². The first kappa shape index (κ1) is 38.7. The Morgan fingerprint density at radius 2 is 1.52 bits per heavy atom. The zero-order valence-electron chi connectivity index (χ0n) is 29.1. The molecule has 0 aromatic heterocycles. The lowest BCUT2D eigenvalue weighted by Gasteiger charge is -2.35. The molecule has 13 nitrogen and oxygen atoms in total. The number of anilines is 2. The number of aryl methyl sites for hydroxylation is 1. The molecule has 16 heteroatoms. The summed E-state index contributed by atoms with van der Waals surface area (Å²) in [5.74, 6) is -0.275. The first-order chi connectivity index (χ1) is 24.7. The summed E-state index contributed by atoms with van der Waals surface area (Å²) in [6, 6.07) is 26.2. The Labute approximate surface area is 309 Å². The maximum Gasteiger partial charge on any atom is 0.293 e. The second-order valence-corrected chi connectivity index (χ2v) is 17.4. The first-order valence-electron chi connectivity index (χ1n) is 16.6. The molecule has 1 heterocycles. The van der Waals surface area contributed by atoms with E-state index in [1.54, 1.807) is 48.2 Å². The van der Waals surface area contributed by atoms with Crippen LogP contribution in [0.1, 0.15) is 22.3 Å². The first-order valence-corrected chi connectivity index (χ1v) is 20.5. The Hall–Kier alpha value is -4.48. The van der Waals surface area contributed by atoms with Crippen LogP contribution in [0.15, 0.2) is 112 Å². The Morgan fingerprint density at radius 1 is 0.885 bits per heavy atom. The van der Waals surface area contributed by atoms with Gasteiger partial charge < -0.3 is 15.1 Å². The summed E-state index contributed by atoms with van der Waals surface area (Å²) < 4.78 is 56.1. The van der Waals surface area contributed by atoms with Gasteiger partial charge >= 0.3 is 0 Å². The monoisotopic (exact) mass is 766 g/mol. The average molecular weight is 767 g/mol. The van der Waals surface area contributed by atoms with E-state index in [1.165, 1.54) is 28.6 Å². The third-order valence-electron chi connectivity index (χ3n) is 8.57. The molecule has 1 saturated heterocycles. The van der Waals surface area contributed by atoms with Gasteiger partial charge in [-0.25, -0.2) is 21.6 Å². The van der Waals surface area contributed by atoms with Gasteiger partial charge in [0.05, 0.1) is 14.7 Å². The van der Waals surface area contributed by atoms with Crippen LogP contribution < -0.4 is 14.9 Å². The topological polar surface area (TPSA) is 162 Å². The number of carbonyl (C=O) groups is 1. The van der Waals surface area contributed by atoms with Crippen LogP contribution in [0.2, 0.25) is 0 Å². The molecule has 0 radical (unpaired) electrons. The number of carbonyl (C=O) groups excluding carboxylic acids is 1. The van der Waals surface area contributed by atoms with Gasteiger partial charge in [-0.1, -0.05) is 35.9 Å². The van der Waals surface area contributed by atoms with Crippen molar-refractivity contribution in [1.29, 1.82) is 0 Å². The third-order valence-corrected chi connectivity index (χ3v) is 13.0. The molecule has 0 saturated carbocycles. The molecule has 1 unspecified atom stereocenters. The number of nitrogens with zero attached hydrogens (tertiary/aromatic N) is 4. The number of thioether (sulfide) groups is 1. The van der Waals surface area contributed by atoms with E-state index in [0.717, 1.165) is 28.8 Å². The van der Waals surface area contributed by atoms with Crippen LogP contribution in [0.4, 0.5) is 17.1 Å². The van der Waals surface area contributed by atoms with E-state index in [9.17, 15) is 31.7 Å². The summed E-state index contributed by atoms with van der Waals surface area (Å²) in [5.41, 5.74) is 1.54. The summed E-state index contributed by atoms with van der Waals surface area (Å²) in [6.07, 6.45) is 0.686. The molecule has 2 N–H and O–H groups in total. The highest BCUT2D eigenvalue weighted by Crippen LogP contribution is 2.30. The molecule has 5 rings (SSSR count). The van der Waals surface area contributed by atoms with E-state index in [-0.39, 0.29) is 35.3 Å². The predicted molar refractivity (Wildman–Crippen MR) is 204 cm³/mol. The van der Waals surface area contributed by atoms with Crippen LogP contribution in [-0.4, -0.2) is 95.5 Å². The summed E-state index contributed by atoms with van der Waals surface area (Å²) in [5, 5.41) is 15.4. The minimum absolute atomic E-state index is 0.0698. The fourth-order valence-electron chi connectivity index (χ4n) is 5.61. The number of hydrogen-bond donors (Lipinski definition) is 2. The molecule has 4 aromatic rings. The van der Waals surface area contributed by atoms with Gasteiger partial charge in [-0.15, -0.1) is 11.8 Å². The molecule has 1 atom stereocenters. The van der Waals surface area contributed by atoms with Crippen molar-refractivity contribution in [2.45, 2.75) is 34.1 Å². The maximum atomic E-state index is 13.3. The predicted octanol–water partition coefficient (Wildman–Crippen LogP) is 5.06. The van der Waals surface area contributed by atoms with E-state index < -0.39 is 41.5 Å². The highest BCUT2D eigenvalue weighted by Gasteiger charge is 2.29. The van der Waals surface area contributed by atoms with Gasteiger partial charge in [0.2, 0.25) is 10.0 Å². The van der Waals surface area contributed by atoms with Gasteiger partial charge in [0, 0.05) is 60.2 Å². The molecular formula is C36H42N6O7S3. The van der Waals surface area contributed by atoms with Crippen molar-refractivity contribution in [2.75, 3.05) is 62.8 Å². The Balaban J connectivity index is 1.22. The van der Waals surface area contributed by atoms with Crippen molar-refractivity contribution in [3.8, 4) is 0 Å². The van der Waals surface area contributed by atoms with E-state index >= 15 is 0 Å². The van der Waals surface area contributed by atoms with Crippen molar-refractivity contribution in [3.05, 3.63) is 118 Å². The molecule has 1 amide bonds. The van der Waals surface area contributed by atoms with Gasteiger partial charge in [0.15, 0.2) is 0 Å². The number of hydrogen-bond acceptors (Lipinski definition) is 11. The van der Waals surface area contributed by atoms with Gasteiger partial charge in [-0.05, 0) is 94.6 Å². The number of nitro groups is 1. The molecule has 0 bridgehead atoms. The Kier molecular flexibility index (Phi) is 12.6. The summed E-state index contributed by atoms with van der Waals surface area (Å²) in [4.78, 5) is 29.4. The Morgan fingerprint density at radius 3 is 2.13 bits per heavy atom. The van der Waals surface area contributed by atoms with Crippen molar-refractivity contribution >= 4 is 54.8 Å². The van der Waals surface area contributed by atoms with E-state index in [4.69, 9.17) is 0 Å². The average Bonchev–Trinajstić information content (AvgIpc) is 3.13. The van der Waals surface area contributed by atoms with Gasteiger partial charge in [-0.2, -0.15) is 4.31 Å². The highest BCUT2D eigenvalue weighted by atomic mass is 32.2. The van der Waals surface area contributed by atoms with Crippen molar-refractivity contribution < 1.29 is 26.6 Å². The van der Waals surface area contributed by atoms with Crippen LogP contribution in [0.3, 0.4) is 0 Å². The molecule has 276 valence electrons.